The Hall–Kier alpha value is -0.950. The van der Waals surface area contributed by atoms with Crippen LogP contribution in [0.1, 0.15) is 25.6 Å². The molecule has 1 aromatic rings. The summed E-state index contributed by atoms with van der Waals surface area (Å²) in [7, 11) is 0. The molecule has 0 spiro atoms. The topological polar surface area (TPSA) is 98.5 Å². The Kier molecular flexibility index (Phi) is 5.28. The lowest BCUT2D eigenvalue weighted by Crippen LogP contribution is -2.49. The molecule has 0 aliphatic heterocycles. The first kappa shape index (κ1) is 15.1. The van der Waals surface area contributed by atoms with Crippen LogP contribution in [-0.4, -0.2) is 50.6 Å². The molecule has 18 heavy (non-hydrogen) atoms. The van der Waals surface area contributed by atoms with E-state index >= 15 is 0 Å². The van der Waals surface area contributed by atoms with E-state index in [-0.39, 0.29) is 11.1 Å². The van der Waals surface area contributed by atoms with Crippen molar-refractivity contribution in [2.75, 3.05) is 25.1 Å². The molecule has 1 heterocycles. The second kappa shape index (κ2) is 6.29. The molecule has 7 heteroatoms. The lowest BCUT2D eigenvalue weighted by Gasteiger charge is -2.29. The van der Waals surface area contributed by atoms with Crippen LogP contribution in [0, 0.1) is 0 Å². The molecule has 0 atom stereocenters. The summed E-state index contributed by atoms with van der Waals surface area (Å²) in [4.78, 5) is 8.29. The highest BCUT2D eigenvalue weighted by molar-refractivity contribution is 6.29. The Bertz CT molecular complexity index is 389. The van der Waals surface area contributed by atoms with E-state index in [2.05, 4.69) is 15.3 Å². The fraction of sp³-hybridized carbons (Fsp3) is 0.636. The van der Waals surface area contributed by atoms with Crippen molar-refractivity contribution in [1.82, 2.24) is 9.97 Å². The average Bonchev–Trinajstić information content (AvgIpc) is 2.35. The van der Waals surface area contributed by atoms with Crippen LogP contribution < -0.4 is 5.32 Å². The minimum absolute atomic E-state index is 0.0935. The monoisotopic (exact) mass is 275 g/mol. The Morgan fingerprint density at radius 3 is 2.22 bits per heavy atom. The highest BCUT2D eigenvalue weighted by atomic mass is 35.5. The number of anilines is 1. The van der Waals surface area contributed by atoms with Crippen molar-refractivity contribution in [2.24, 2.45) is 0 Å². The fourth-order valence-corrected chi connectivity index (χ4v) is 1.49. The zero-order chi connectivity index (χ0) is 13.8. The maximum atomic E-state index is 9.23. The van der Waals surface area contributed by atoms with Crippen LogP contribution >= 0.6 is 11.6 Å². The summed E-state index contributed by atoms with van der Waals surface area (Å²) < 4.78 is 0. The van der Waals surface area contributed by atoms with Crippen LogP contribution in [0.25, 0.3) is 0 Å². The maximum Gasteiger partial charge on any atom is 0.135 e. The first-order chi connectivity index (χ1) is 8.46. The molecule has 0 fully saturated rings. The summed E-state index contributed by atoms with van der Waals surface area (Å²) in [5.41, 5.74) is -1.23. The molecule has 6 nitrogen and oxygen atoms in total. The van der Waals surface area contributed by atoms with E-state index in [1.54, 1.807) is 0 Å². The first-order valence-corrected chi connectivity index (χ1v) is 5.99. The van der Waals surface area contributed by atoms with Crippen LogP contribution in [0.5, 0.6) is 0 Å². The quantitative estimate of drug-likeness (QED) is 0.560. The van der Waals surface area contributed by atoms with Gasteiger partial charge in [0.25, 0.3) is 0 Å². The van der Waals surface area contributed by atoms with E-state index in [1.807, 2.05) is 13.8 Å². The Morgan fingerprint density at radius 1 is 1.22 bits per heavy atom. The number of halogens is 1. The zero-order valence-corrected chi connectivity index (χ0v) is 11.1. The number of hydrogen-bond donors (Lipinski definition) is 4. The van der Waals surface area contributed by atoms with E-state index in [0.717, 1.165) is 0 Å². The van der Waals surface area contributed by atoms with Crippen molar-refractivity contribution in [3.05, 3.63) is 17.0 Å². The van der Waals surface area contributed by atoms with E-state index < -0.39 is 25.4 Å². The molecule has 0 amide bonds. The number of aromatic nitrogens is 2. The Labute approximate surface area is 111 Å². The van der Waals surface area contributed by atoms with E-state index in [0.29, 0.717) is 11.6 Å². The standard InChI is InChI=1S/C11H18ClN3O3/c1-7(2)10-13-8(12)3-9(14-10)15-11(4-16,5-17)6-18/h3,7,16-18H,4-6H2,1-2H3,(H,13,14,15). The van der Waals surface area contributed by atoms with Crippen molar-refractivity contribution in [3.63, 3.8) is 0 Å². The SMILES string of the molecule is CC(C)c1nc(Cl)cc(NC(CO)(CO)CO)n1. The van der Waals surface area contributed by atoms with Gasteiger partial charge in [0.2, 0.25) is 0 Å². The number of rotatable bonds is 6. The summed E-state index contributed by atoms with van der Waals surface area (Å²) >= 11 is 5.87. The van der Waals surface area contributed by atoms with Crippen molar-refractivity contribution in [3.8, 4) is 0 Å². The lowest BCUT2D eigenvalue weighted by atomic mass is 10.0. The van der Waals surface area contributed by atoms with Crippen molar-refractivity contribution in [2.45, 2.75) is 25.3 Å². The second-order valence-corrected chi connectivity index (χ2v) is 4.86. The van der Waals surface area contributed by atoms with E-state index in [9.17, 15) is 15.3 Å². The predicted molar refractivity (Wildman–Crippen MR) is 68.7 cm³/mol. The number of aliphatic hydroxyl groups is 3. The zero-order valence-electron chi connectivity index (χ0n) is 10.4. The highest BCUT2D eigenvalue weighted by Crippen LogP contribution is 2.19. The maximum absolute atomic E-state index is 9.23. The third-order valence-electron chi connectivity index (χ3n) is 2.53. The lowest BCUT2D eigenvalue weighted by molar-refractivity contribution is 0.0831. The molecule has 0 bridgehead atoms. The third-order valence-corrected chi connectivity index (χ3v) is 2.72. The van der Waals surface area contributed by atoms with Gasteiger partial charge < -0.3 is 20.6 Å². The number of hydrogen-bond acceptors (Lipinski definition) is 6. The summed E-state index contributed by atoms with van der Waals surface area (Å²) in [5.74, 6) is 1.000. The van der Waals surface area contributed by atoms with Gasteiger partial charge in [0.15, 0.2) is 0 Å². The van der Waals surface area contributed by atoms with Gasteiger partial charge in [-0.25, -0.2) is 9.97 Å². The van der Waals surface area contributed by atoms with Crippen LogP contribution in [0.2, 0.25) is 5.15 Å². The van der Waals surface area contributed by atoms with Crippen LogP contribution in [0.15, 0.2) is 6.07 Å². The third kappa shape index (κ3) is 3.52. The molecule has 0 saturated carbocycles. The predicted octanol–water partition coefficient (Wildman–Crippen LogP) is 0.381. The van der Waals surface area contributed by atoms with Crippen molar-refractivity contribution < 1.29 is 15.3 Å². The van der Waals surface area contributed by atoms with Gasteiger partial charge in [0.05, 0.1) is 19.8 Å². The van der Waals surface area contributed by atoms with Crippen LogP contribution in [0.3, 0.4) is 0 Å². The molecule has 102 valence electrons. The first-order valence-electron chi connectivity index (χ1n) is 5.61. The van der Waals surface area contributed by atoms with Gasteiger partial charge in [-0.3, -0.25) is 0 Å². The molecule has 4 N–H and O–H groups in total. The van der Waals surface area contributed by atoms with Gasteiger partial charge in [-0.2, -0.15) is 0 Å². The minimum Gasteiger partial charge on any atom is -0.394 e. The van der Waals surface area contributed by atoms with Gasteiger partial charge in [-0.1, -0.05) is 25.4 Å². The summed E-state index contributed by atoms with van der Waals surface area (Å²) in [6, 6.07) is 1.48. The normalized spacial score (nSPS) is 11.9. The summed E-state index contributed by atoms with van der Waals surface area (Å²) in [5, 5.41) is 30.7. The van der Waals surface area contributed by atoms with E-state index in [4.69, 9.17) is 11.6 Å². The molecular formula is C11H18ClN3O3. The molecule has 0 aliphatic carbocycles. The fourth-order valence-electron chi connectivity index (χ4n) is 1.30. The van der Waals surface area contributed by atoms with Crippen LogP contribution in [0.4, 0.5) is 5.82 Å². The summed E-state index contributed by atoms with van der Waals surface area (Å²) in [6.07, 6.45) is 0. The smallest absolute Gasteiger partial charge is 0.135 e. The number of aliphatic hydroxyl groups excluding tert-OH is 3. The molecular weight excluding hydrogens is 258 g/mol. The minimum atomic E-state index is -1.23. The highest BCUT2D eigenvalue weighted by Gasteiger charge is 2.28. The molecule has 0 aromatic carbocycles. The molecule has 0 saturated heterocycles. The molecule has 0 radical (unpaired) electrons. The van der Waals surface area contributed by atoms with Gasteiger partial charge in [-0.15, -0.1) is 0 Å². The number of nitrogens with zero attached hydrogens (tertiary/aromatic N) is 2. The summed E-state index contributed by atoms with van der Waals surface area (Å²) in [6.45, 7) is 2.55. The average molecular weight is 276 g/mol. The van der Waals surface area contributed by atoms with Gasteiger partial charge in [-0.05, 0) is 0 Å². The molecule has 0 aliphatic rings. The van der Waals surface area contributed by atoms with Gasteiger partial charge in [0.1, 0.15) is 22.3 Å². The van der Waals surface area contributed by atoms with E-state index in [1.165, 1.54) is 6.07 Å². The number of nitrogens with one attached hydrogen (secondary N) is 1. The van der Waals surface area contributed by atoms with Crippen molar-refractivity contribution in [1.29, 1.82) is 0 Å². The van der Waals surface area contributed by atoms with Crippen LogP contribution in [-0.2, 0) is 0 Å². The Balaban J connectivity index is 3.03. The van der Waals surface area contributed by atoms with Gasteiger partial charge >= 0.3 is 0 Å². The van der Waals surface area contributed by atoms with Crippen molar-refractivity contribution >= 4 is 17.4 Å². The molecule has 0 unspecified atom stereocenters. The molecule has 1 rings (SSSR count). The van der Waals surface area contributed by atoms with Gasteiger partial charge in [0, 0.05) is 12.0 Å². The largest absolute Gasteiger partial charge is 0.394 e. The Morgan fingerprint density at radius 2 is 1.78 bits per heavy atom. The molecule has 1 aromatic heterocycles. The second-order valence-electron chi connectivity index (χ2n) is 4.47.